The Kier molecular flexibility index (Phi) is 4.29. The van der Waals surface area contributed by atoms with Gasteiger partial charge in [0, 0.05) is 16.5 Å². The van der Waals surface area contributed by atoms with Gasteiger partial charge >= 0.3 is 0 Å². The van der Waals surface area contributed by atoms with Gasteiger partial charge in [0.25, 0.3) is 0 Å². The Labute approximate surface area is 131 Å². The number of rotatable bonds is 5. The molecule has 1 fully saturated rings. The first-order chi connectivity index (χ1) is 10.2. The summed E-state index contributed by atoms with van der Waals surface area (Å²) in [7, 11) is 0. The third kappa shape index (κ3) is 2.84. The highest BCUT2D eigenvalue weighted by Gasteiger charge is 2.44. The van der Waals surface area contributed by atoms with Crippen LogP contribution in [0, 0.1) is 0 Å². The number of nitrogens with one attached hydrogen (secondary N) is 1. The summed E-state index contributed by atoms with van der Waals surface area (Å²) in [6.07, 6.45) is 4.58. The maximum Gasteiger partial charge on any atom is 0.0406 e. The molecule has 1 aliphatic carbocycles. The van der Waals surface area contributed by atoms with Gasteiger partial charge in [-0.2, -0.15) is 0 Å². The molecule has 1 atom stereocenters. The molecule has 0 radical (unpaired) electrons. The lowest BCUT2D eigenvalue weighted by Gasteiger charge is -2.48. The molecule has 110 valence electrons. The van der Waals surface area contributed by atoms with E-state index in [4.69, 9.17) is 17.4 Å². The first-order valence-electron chi connectivity index (χ1n) is 7.51. The zero-order valence-corrected chi connectivity index (χ0v) is 12.8. The SMILES string of the molecule is NNC(Cc1ccc(Cl)cc1)C1(c2ccccc2)CCC1. The van der Waals surface area contributed by atoms with Crippen LogP contribution in [0.15, 0.2) is 54.6 Å². The van der Waals surface area contributed by atoms with Crippen molar-refractivity contribution in [3.63, 3.8) is 0 Å². The van der Waals surface area contributed by atoms with E-state index in [0.717, 1.165) is 11.4 Å². The lowest BCUT2D eigenvalue weighted by molar-refractivity contribution is 0.168. The topological polar surface area (TPSA) is 38.0 Å². The zero-order chi connectivity index (χ0) is 14.7. The summed E-state index contributed by atoms with van der Waals surface area (Å²) in [5.41, 5.74) is 5.90. The highest BCUT2D eigenvalue weighted by atomic mass is 35.5. The third-order valence-electron chi connectivity index (χ3n) is 4.82. The van der Waals surface area contributed by atoms with E-state index in [1.807, 2.05) is 12.1 Å². The van der Waals surface area contributed by atoms with Crippen molar-refractivity contribution in [1.82, 2.24) is 5.43 Å². The molecule has 2 aromatic carbocycles. The molecular weight excluding hydrogens is 280 g/mol. The minimum Gasteiger partial charge on any atom is -0.271 e. The lowest BCUT2D eigenvalue weighted by atomic mass is 9.59. The smallest absolute Gasteiger partial charge is 0.0406 e. The van der Waals surface area contributed by atoms with Gasteiger partial charge in [0.15, 0.2) is 0 Å². The van der Waals surface area contributed by atoms with E-state index < -0.39 is 0 Å². The number of hydrazine groups is 1. The Balaban J connectivity index is 1.85. The molecule has 0 heterocycles. The molecule has 1 unspecified atom stereocenters. The molecule has 21 heavy (non-hydrogen) atoms. The van der Waals surface area contributed by atoms with Crippen LogP contribution in [-0.4, -0.2) is 6.04 Å². The van der Waals surface area contributed by atoms with E-state index in [0.29, 0.717) is 0 Å². The molecule has 2 nitrogen and oxygen atoms in total. The Morgan fingerprint density at radius 3 is 2.24 bits per heavy atom. The van der Waals surface area contributed by atoms with Crippen molar-refractivity contribution in [3.8, 4) is 0 Å². The second kappa shape index (κ2) is 6.18. The van der Waals surface area contributed by atoms with Gasteiger partial charge in [0.05, 0.1) is 0 Å². The Morgan fingerprint density at radius 2 is 1.71 bits per heavy atom. The fourth-order valence-electron chi connectivity index (χ4n) is 3.44. The fraction of sp³-hybridized carbons (Fsp3) is 0.333. The van der Waals surface area contributed by atoms with Crippen molar-refractivity contribution < 1.29 is 0 Å². The molecule has 0 saturated heterocycles. The van der Waals surface area contributed by atoms with Gasteiger partial charge < -0.3 is 0 Å². The van der Waals surface area contributed by atoms with Crippen LogP contribution in [0.2, 0.25) is 5.02 Å². The highest BCUT2D eigenvalue weighted by Crippen LogP contribution is 2.47. The number of hydrogen-bond acceptors (Lipinski definition) is 2. The van der Waals surface area contributed by atoms with Crippen molar-refractivity contribution in [2.45, 2.75) is 37.1 Å². The number of nitrogens with two attached hydrogens (primary N) is 1. The second-order valence-electron chi connectivity index (χ2n) is 5.93. The fourth-order valence-corrected chi connectivity index (χ4v) is 3.56. The van der Waals surface area contributed by atoms with Gasteiger partial charge in [0.2, 0.25) is 0 Å². The summed E-state index contributed by atoms with van der Waals surface area (Å²) >= 11 is 5.97. The van der Waals surface area contributed by atoms with Gasteiger partial charge in [-0.05, 0) is 42.5 Å². The van der Waals surface area contributed by atoms with E-state index in [2.05, 4.69) is 47.9 Å². The minimum absolute atomic E-state index is 0.162. The van der Waals surface area contributed by atoms with Crippen molar-refractivity contribution in [2.24, 2.45) is 5.84 Å². The van der Waals surface area contributed by atoms with Crippen molar-refractivity contribution in [2.75, 3.05) is 0 Å². The average Bonchev–Trinajstić information content (AvgIpc) is 2.48. The molecule has 0 aliphatic heterocycles. The quantitative estimate of drug-likeness (QED) is 0.650. The molecule has 0 amide bonds. The highest BCUT2D eigenvalue weighted by molar-refractivity contribution is 6.30. The summed E-state index contributed by atoms with van der Waals surface area (Å²) in [5.74, 6) is 5.91. The summed E-state index contributed by atoms with van der Waals surface area (Å²) in [4.78, 5) is 0. The molecule has 2 aromatic rings. The van der Waals surface area contributed by atoms with Crippen LogP contribution in [-0.2, 0) is 11.8 Å². The average molecular weight is 301 g/mol. The first kappa shape index (κ1) is 14.6. The van der Waals surface area contributed by atoms with Crippen LogP contribution in [0.25, 0.3) is 0 Å². The van der Waals surface area contributed by atoms with Gasteiger partial charge in [-0.3, -0.25) is 11.3 Å². The van der Waals surface area contributed by atoms with Gasteiger partial charge in [-0.25, -0.2) is 0 Å². The molecule has 3 heteroatoms. The maximum absolute atomic E-state index is 5.97. The first-order valence-corrected chi connectivity index (χ1v) is 7.88. The van der Waals surface area contributed by atoms with Crippen LogP contribution in [0.3, 0.4) is 0 Å². The van der Waals surface area contributed by atoms with Gasteiger partial charge in [-0.1, -0.05) is 60.5 Å². The van der Waals surface area contributed by atoms with Gasteiger partial charge in [-0.15, -0.1) is 0 Å². The van der Waals surface area contributed by atoms with E-state index in [-0.39, 0.29) is 11.5 Å². The van der Waals surface area contributed by atoms with E-state index in [1.165, 1.54) is 30.4 Å². The summed E-state index contributed by atoms with van der Waals surface area (Å²) in [5, 5.41) is 0.775. The molecule has 0 aromatic heterocycles. The normalized spacial score (nSPS) is 18.0. The van der Waals surface area contributed by atoms with E-state index in [9.17, 15) is 0 Å². The Morgan fingerprint density at radius 1 is 1.05 bits per heavy atom. The van der Waals surface area contributed by atoms with E-state index in [1.54, 1.807) is 0 Å². The molecule has 0 bridgehead atoms. The van der Waals surface area contributed by atoms with Crippen molar-refractivity contribution >= 4 is 11.6 Å². The summed E-state index contributed by atoms with van der Waals surface area (Å²) in [6, 6.07) is 19.1. The number of halogens is 1. The second-order valence-corrected chi connectivity index (χ2v) is 6.36. The van der Waals surface area contributed by atoms with E-state index >= 15 is 0 Å². The summed E-state index contributed by atoms with van der Waals surface area (Å²) < 4.78 is 0. The predicted octanol–water partition coefficient (Wildman–Crippen LogP) is 3.84. The predicted molar refractivity (Wildman–Crippen MR) is 88.2 cm³/mol. The van der Waals surface area contributed by atoms with Crippen LogP contribution in [0.4, 0.5) is 0 Å². The Hall–Kier alpha value is -1.35. The number of benzene rings is 2. The molecule has 3 rings (SSSR count). The van der Waals surface area contributed by atoms with Gasteiger partial charge in [0.1, 0.15) is 0 Å². The third-order valence-corrected chi connectivity index (χ3v) is 5.07. The maximum atomic E-state index is 5.97. The van der Waals surface area contributed by atoms with Crippen molar-refractivity contribution in [3.05, 3.63) is 70.7 Å². The lowest BCUT2D eigenvalue weighted by Crippen LogP contribution is -2.56. The van der Waals surface area contributed by atoms with Crippen LogP contribution >= 0.6 is 11.6 Å². The van der Waals surface area contributed by atoms with Crippen LogP contribution in [0.1, 0.15) is 30.4 Å². The minimum atomic E-state index is 0.162. The molecule has 1 aliphatic rings. The Bertz CT molecular complexity index is 576. The van der Waals surface area contributed by atoms with Crippen LogP contribution in [0.5, 0.6) is 0 Å². The molecule has 3 N–H and O–H groups in total. The largest absolute Gasteiger partial charge is 0.271 e. The number of hydrogen-bond donors (Lipinski definition) is 2. The van der Waals surface area contributed by atoms with Crippen molar-refractivity contribution in [1.29, 1.82) is 0 Å². The molecule has 1 saturated carbocycles. The summed E-state index contributed by atoms with van der Waals surface area (Å²) in [6.45, 7) is 0. The molecular formula is C18H21ClN2. The standard InChI is InChI=1S/C18H21ClN2/c19-16-9-7-14(8-10-16)13-17(21-20)18(11-4-12-18)15-5-2-1-3-6-15/h1-3,5-10,17,21H,4,11-13,20H2. The monoisotopic (exact) mass is 300 g/mol. The zero-order valence-electron chi connectivity index (χ0n) is 12.1. The molecule has 0 spiro atoms. The van der Waals surface area contributed by atoms with Crippen LogP contribution < -0.4 is 11.3 Å².